The van der Waals surface area contributed by atoms with E-state index in [1.807, 2.05) is 60.4 Å². The molecule has 0 spiro atoms. The first kappa shape index (κ1) is 30.9. The van der Waals surface area contributed by atoms with Crippen LogP contribution in [0.4, 0.5) is 0 Å². The molecular formula is C32H40N4O6. The SMILES string of the molecule is C[C@]1(O)CCCC[C@@H]1n1cnc(C(=O)N2CCNC[C@H]2Cc2ccccc2)c1-c1ccccc1.O=C(O)CCC(=O)O. The van der Waals surface area contributed by atoms with E-state index in [4.69, 9.17) is 15.2 Å². The van der Waals surface area contributed by atoms with Crippen LogP contribution in [0.3, 0.4) is 0 Å². The number of hydrogen-bond donors (Lipinski definition) is 4. The van der Waals surface area contributed by atoms with Gasteiger partial charge in [0.1, 0.15) is 0 Å². The Morgan fingerprint density at radius 1 is 0.976 bits per heavy atom. The molecule has 0 radical (unpaired) electrons. The van der Waals surface area contributed by atoms with Gasteiger partial charge in [-0.3, -0.25) is 14.4 Å². The normalized spacial score (nSPS) is 22.1. The van der Waals surface area contributed by atoms with E-state index in [2.05, 4.69) is 22.0 Å². The third-order valence-corrected chi connectivity index (χ3v) is 7.99. The fourth-order valence-corrected chi connectivity index (χ4v) is 5.82. The Bertz CT molecular complexity index is 1330. The topological polar surface area (TPSA) is 145 Å². The smallest absolute Gasteiger partial charge is 0.303 e. The second-order valence-corrected chi connectivity index (χ2v) is 11.2. The Morgan fingerprint density at radius 3 is 2.24 bits per heavy atom. The molecule has 1 saturated heterocycles. The molecule has 10 nitrogen and oxygen atoms in total. The van der Waals surface area contributed by atoms with Gasteiger partial charge in [-0.25, -0.2) is 4.98 Å². The van der Waals surface area contributed by atoms with E-state index in [-0.39, 0.29) is 30.8 Å². The lowest BCUT2D eigenvalue weighted by atomic mass is 9.81. The van der Waals surface area contributed by atoms with Crippen molar-refractivity contribution in [2.24, 2.45) is 0 Å². The van der Waals surface area contributed by atoms with Crippen molar-refractivity contribution in [1.29, 1.82) is 0 Å². The molecule has 3 aromatic rings. The van der Waals surface area contributed by atoms with Crippen LogP contribution in [0, 0.1) is 0 Å². The maximum absolute atomic E-state index is 14.0. The Balaban J connectivity index is 0.000000446. The summed E-state index contributed by atoms with van der Waals surface area (Å²) in [7, 11) is 0. The van der Waals surface area contributed by atoms with Crippen LogP contribution in [0.5, 0.6) is 0 Å². The summed E-state index contributed by atoms with van der Waals surface area (Å²) in [6.45, 7) is 4.10. The number of hydrogen-bond acceptors (Lipinski definition) is 6. The van der Waals surface area contributed by atoms with Crippen LogP contribution in [-0.2, 0) is 16.0 Å². The van der Waals surface area contributed by atoms with Crippen molar-refractivity contribution in [3.8, 4) is 11.3 Å². The summed E-state index contributed by atoms with van der Waals surface area (Å²) < 4.78 is 2.07. The van der Waals surface area contributed by atoms with Gasteiger partial charge in [-0.15, -0.1) is 0 Å². The van der Waals surface area contributed by atoms with Gasteiger partial charge in [-0.05, 0) is 31.7 Å². The van der Waals surface area contributed by atoms with Gasteiger partial charge in [0.05, 0.1) is 36.5 Å². The highest BCUT2D eigenvalue weighted by Gasteiger charge is 2.39. The van der Waals surface area contributed by atoms with Crippen LogP contribution in [-0.4, -0.2) is 78.9 Å². The number of carboxylic acid groups (broad SMARTS) is 2. The zero-order valence-corrected chi connectivity index (χ0v) is 24.0. The lowest BCUT2D eigenvalue weighted by Crippen LogP contribution is -2.54. The summed E-state index contributed by atoms with van der Waals surface area (Å²) in [4.78, 5) is 40.0. The number of nitrogens with zero attached hydrogens (tertiary/aromatic N) is 3. The quantitative estimate of drug-likeness (QED) is 0.315. The highest BCUT2D eigenvalue weighted by Crippen LogP contribution is 2.40. The Morgan fingerprint density at radius 2 is 1.62 bits per heavy atom. The minimum Gasteiger partial charge on any atom is -0.481 e. The molecule has 10 heteroatoms. The van der Waals surface area contributed by atoms with E-state index in [9.17, 15) is 19.5 Å². The van der Waals surface area contributed by atoms with Gasteiger partial charge < -0.3 is 30.1 Å². The van der Waals surface area contributed by atoms with E-state index in [1.54, 1.807) is 6.33 Å². The molecular weight excluding hydrogens is 536 g/mol. The predicted octanol–water partition coefficient (Wildman–Crippen LogP) is 4.01. The van der Waals surface area contributed by atoms with Crippen LogP contribution < -0.4 is 5.32 Å². The summed E-state index contributed by atoms with van der Waals surface area (Å²) in [6.07, 6.45) is 5.70. The van der Waals surface area contributed by atoms with E-state index in [0.717, 1.165) is 56.5 Å². The number of imidazole rings is 1. The molecule has 42 heavy (non-hydrogen) atoms. The van der Waals surface area contributed by atoms with Gasteiger partial charge in [0.25, 0.3) is 5.91 Å². The highest BCUT2D eigenvalue weighted by atomic mass is 16.4. The Hall–Kier alpha value is -4.02. The van der Waals surface area contributed by atoms with Crippen molar-refractivity contribution in [1.82, 2.24) is 19.8 Å². The molecule has 2 fully saturated rings. The molecule has 3 atom stereocenters. The van der Waals surface area contributed by atoms with Crippen LogP contribution in [0.25, 0.3) is 11.3 Å². The summed E-state index contributed by atoms with van der Waals surface area (Å²) in [5.74, 6) is -2.18. The monoisotopic (exact) mass is 576 g/mol. The highest BCUT2D eigenvalue weighted by molar-refractivity contribution is 5.98. The zero-order valence-electron chi connectivity index (χ0n) is 24.0. The van der Waals surface area contributed by atoms with Crippen LogP contribution >= 0.6 is 0 Å². The zero-order chi connectivity index (χ0) is 30.1. The third kappa shape index (κ3) is 7.83. The fraction of sp³-hybridized carbons (Fsp3) is 0.438. The van der Waals surface area contributed by atoms with Gasteiger partial charge in [0, 0.05) is 31.2 Å². The van der Waals surface area contributed by atoms with E-state index < -0.39 is 17.5 Å². The molecule has 5 rings (SSSR count). The van der Waals surface area contributed by atoms with E-state index >= 15 is 0 Å². The molecule has 1 amide bonds. The third-order valence-electron chi connectivity index (χ3n) is 7.99. The average molecular weight is 577 g/mol. The maximum Gasteiger partial charge on any atom is 0.303 e. The van der Waals surface area contributed by atoms with Gasteiger partial charge in [0.2, 0.25) is 0 Å². The first-order chi connectivity index (χ1) is 20.2. The van der Waals surface area contributed by atoms with Crippen molar-refractivity contribution >= 4 is 17.8 Å². The van der Waals surface area contributed by atoms with Crippen molar-refractivity contribution in [3.05, 3.63) is 78.2 Å². The number of aromatic nitrogens is 2. The second kappa shape index (κ2) is 14.2. The maximum atomic E-state index is 14.0. The largest absolute Gasteiger partial charge is 0.481 e. The molecule has 1 aromatic heterocycles. The fourth-order valence-electron chi connectivity index (χ4n) is 5.82. The minimum atomic E-state index is -1.08. The molecule has 2 aliphatic rings. The summed E-state index contributed by atoms with van der Waals surface area (Å²) >= 11 is 0. The molecule has 0 unspecified atom stereocenters. The Labute approximate surface area is 246 Å². The van der Waals surface area contributed by atoms with Gasteiger partial charge in [0.15, 0.2) is 5.69 Å². The second-order valence-electron chi connectivity index (χ2n) is 11.2. The number of rotatable bonds is 8. The van der Waals surface area contributed by atoms with E-state index in [0.29, 0.717) is 12.2 Å². The number of benzene rings is 2. The average Bonchev–Trinajstić information content (AvgIpc) is 3.42. The summed E-state index contributed by atoms with van der Waals surface area (Å²) in [5, 5.41) is 30.5. The number of carbonyl (C=O) groups is 3. The Kier molecular flexibility index (Phi) is 10.5. The molecule has 1 aliphatic carbocycles. The molecule has 1 saturated carbocycles. The molecule has 1 aliphatic heterocycles. The standard InChI is InChI=1S/C28H34N4O2.C4H6O4/c1-28(34)15-9-8-14-24(28)32-20-30-25(26(32)22-12-6-3-7-13-22)27(33)31-17-16-29-19-23(31)18-21-10-4-2-5-11-21;5-3(6)1-2-4(7)8/h2-7,10-13,20,23-24,29,34H,8-9,14-19H2,1H3;1-2H2,(H,5,6)(H,7,8)/t23-,24+,28+;/m1./s1. The van der Waals surface area contributed by atoms with Crippen LogP contribution in [0.2, 0.25) is 0 Å². The number of nitrogens with one attached hydrogen (secondary N) is 1. The van der Waals surface area contributed by atoms with Crippen LogP contribution in [0.1, 0.15) is 67.5 Å². The number of carbonyl (C=O) groups excluding carboxylic acids is 1. The number of piperazine rings is 1. The van der Waals surface area contributed by atoms with Crippen molar-refractivity contribution in [2.75, 3.05) is 19.6 Å². The lowest BCUT2D eigenvalue weighted by Gasteiger charge is -2.39. The van der Waals surface area contributed by atoms with Gasteiger partial charge in [-0.2, -0.15) is 0 Å². The molecule has 224 valence electrons. The number of aliphatic carboxylic acids is 2. The first-order valence-electron chi connectivity index (χ1n) is 14.5. The van der Waals surface area contributed by atoms with Crippen molar-refractivity contribution < 1.29 is 29.7 Å². The number of amides is 1. The number of aliphatic hydroxyl groups is 1. The predicted molar refractivity (Wildman–Crippen MR) is 158 cm³/mol. The number of carboxylic acids is 2. The lowest BCUT2D eigenvalue weighted by molar-refractivity contribution is -0.143. The van der Waals surface area contributed by atoms with E-state index in [1.165, 1.54) is 5.56 Å². The van der Waals surface area contributed by atoms with Crippen LogP contribution in [0.15, 0.2) is 67.0 Å². The summed E-state index contributed by atoms with van der Waals surface area (Å²) in [5.41, 5.74) is 2.65. The molecule has 0 bridgehead atoms. The minimum absolute atomic E-state index is 0.0320. The first-order valence-corrected chi connectivity index (χ1v) is 14.5. The molecule has 2 heterocycles. The molecule has 4 N–H and O–H groups in total. The molecule has 2 aromatic carbocycles. The van der Waals surface area contributed by atoms with Gasteiger partial charge in [-0.1, -0.05) is 73.5 Å². The van der Waals surface area contributed by atoms with Crippen molar-refractivity contribution in [3.63, 3.8) is 0 Å². The van der Waals surface area contributed by atoms with Gasteiger partial charge >= 0.3 is 11.9 Å². The summed E-state index contributed by atoms with van der Waals surface area (Å²) in [6, 6.07) is 20.3. The van der Waals surface area contributed by atoms with Crippen molar-refractivity contribution in [2.45, 2.75) is 69.6 Å².